The van der Waals surface area contributed by atoms with Crippen LogP contribution >= 0.6 is 0 Å². The van der Waals surface area contributed by atoms with Crippen LogP contribution in [0.1, 0.15) is 17.0 Å². The van der Waals surface area contributed by atoms with Gasteiger partial charge in [-0.25, -0.2) is 4.98 Å². The van der Waals surface area contributed by atoms with E-state index < -0.39 is 0 Å². The molecule has 0 bridgehead atoms. The quantitative estimate of drug-likeness (QED) is 0.562. The number of rotatable bonds is 0. The van der Waals surface area contributed by atoms with Gasteiger partial charge in [0.15, 0.2) is 0 Å². The highest BCUT2D eigenvalue weighted by Gasteiger charge is 2.08. The van der Waals surface area contributed by atoms with Crippen molar-refractivity contribution in [3.8, 4) is 12.3 Å². The average Bonchev–Trinajstić information content (AvgIpc) is 2.17. The van der Waals surface area contributed by atoms with Crippen LogP contribution in [-0.4, -0.2) is 11.5 Å². The van der Waals surface area contributed by atoms with Crippen molar-refractivity contribution in [3.63, 3.8) is 0 Å². The molecule has 0 fully saturated rings. The van der Waals surface area contributed by atoms with Crippen LogP contribution in [0.3, 0.4) is 0 Å². The van der Waals surface area contributed by atoms with Gasteiger partial charge >= 0.3 is 0 Å². The summed E-state index contributed by atoms with van der Waals surface area (Å²) in [5, 5.41) is 3.29. The largest absolute Gasteiger partial charge is 0.312 e. The molecule has 1 N–H and O–H groups in total. The van der Waals surface area contributed by atoms with Gasteiger partial charge in [0.05, 0.1) is 0 Å². The van der Waals surface area contributed by atoms with E-state index >= 15 is 0 Å². The number of hydrogen-bond donors (Lipinski definition) is 1. The Morgan fingerprint density at radius 3 is 3.25 bits per heavy atom. The Kier molecular flexibility index (Phi) is 1.81. The average molecular weight is 158 g/mol. The van der Waals surface area contributed by atoms with Gasteiger partial charge in [0.1, 0.15) is 5.69 Å². The van der Waals surface area contributed by atoms with Gasteiger partial charge in [-0.2, -0.15) is 0 Å². The fourth-order valence-corrected chi connectivity index (χ4v) is 1.42. The number of fused-ring (bicyclic) bond motifs is 1. The van der Waals surface area contributed by atoms with E-state index in [9.17, 15) is 0 Å². The molecule has 1 aromatic rings. The number of nitrogens with zero attached hydrogens (tertiary/aromatic N) is 1. The molecule has 60 valence electrons. The van der Waals surface area contributed by atoms with Crippen LogP contribution in [0.2, 0.25) is 0 Å². The maximum atomic E-state index is 5.25. The molecule has 0 unspecified atom stereocenters. The summed E-state index contributed by atoms with van der Waals surface area (Å²) in [5.74, 6) is 2.55. The predicted molar refractivity (Wildman–Crippen MR) is 47.6 cm³/mol. The lowest BCUT2D eigenvalue weighted by atomic mass is 10.1. The van der Waals surface area contributed by atoms with E-state index in [1.807, 2.05) is 6.07 Å². The van der Waals surface area contributed by atoms with Gasteiger partial charge in [0.2, 0.25) is 0 Å². The van der Waals surface area contributed by atoms with Crippen molar-refractivity contribution in [3.05, 3.63) is 29.1 Å². The molecule has 2 heterocycles. The molecule has 0 radical (unpaired) electrons. The highest BCUT2D eigenvalue weighted by molar-refractivity contribution is 5.31. The molecule has 0 aromatic carbocycles. The van der Waals surface area contributed by atoms with Gasteiger partial charge in [0, 0.05) is 25.2 Å². The zero-order valence-electron chi connectivity index (χ0n) is 6.80. The Morgan fingerprint density at radius 1 is 1.50 bits per heavy atom. The zero-order valence-corrected chi connectivity index (χ0v) is 6.80. The van der Waals surface area contributed by atoms with Crippen molar-refractivity contribution >= 4 is 0 Å². The molecule has 0 spiro atoms. The summed E-state index contributed by atoms with van der Waals surface area (Å²) < 4.78 is 0. The van der Waals surface area contributed by atoms with Crippen molar-refractivity contribution in [2.75, 3.05) is 6.54 Å². The maximum Gasteiger partial charge on any atom is 0.113 e. The van der Waals surface area contributed by atoms with Crippen molar-refractivity contribution in [2.45, 2.75) is 13.0 Å². The first-order chi connectivity index (χ1) is 5.90. The molecule has 1 aliphatic heterocycles. The third-order valence-electron chi connectivity index (χ3n) is 2.07. The second kappa shape index (κ2) is 2.96. The normalized spacial score (nSPS) is 14.9. The van der Waals surface area contributed by atoms with Crippen LogP contribution in [0, 0.1) is 12.3 Å². The summed E-state index contributed by atoms with van der Waals surface area (Å²) in [6.45, 7) is 1.93. The van der Waals surface area contributed by atoms with Crippen LogP contribution in [-0.2, 0) is 13.0 Å². The van der Waals surface area contributed by atoms with Crippen LogP contribution in [0.4, 0.5) is 0 Å². The summed E-state index contributed by atoms with van der Waals surface area (Å²) in [5.41, 5.74) is 3.18. The minimum Gasteiger partial charge on any atom is -0.312 e. The molecule has 2 nitrogen and oxygen atoms in total. The molecule has 0 amide bonds. The standard InChI is InChI=1S/C10H10N2/c1-2-9-4-3-8-7-11-6-5-10(8)12-9/h1,3-4,11H,5-7H2. The Bertz CT molecular complexity index is 336. The van der Waals surface area contributed by atoms with Gasteiger partial charge in [-0.3, -0.25) is 0 Å². The van der Waals surface area contributed by atoms with E-state index in [0.29, 0.717) is 0 Å². The van der Waals surface area contributed by atoms with Crippen molar-refractivity contribution in [2.24, 2.45) is 0 Å². The van der Waals surface area contributed by atoms with E-state index in [-0.39, 0.29) is 0 Å². The van der Waals surface area contributed by atoms with Crippen molar-refractivity contribution in [1.29, 1.82) is 0 Å². The van der Waals surface area contributed by atoms with Gasteiger partial charge in [-0.15, -0.1) is 6.42 Å². The predicted octanol–water partition coefficient (Wildman–Crippen LogP) is 0.709. The Labute approximate surface area is 72.0 Å². The molecule has 1 aliphatic rings. The van der Waals surface area contributed by atoms with E-state index in [0.717, 1.165) is 30.9 Å². The first-order valence-corrected chi connectivity index (χ1v) is 4.06. The lowest BCUT2D eigenvalue weighted by Crippen LogP contribution is -2.24. The molecule has 0 saturated heterocycles. The van der Waals surface area contributed by atoms with Crippen molar-refractivity contribution in [1.82, 2.24) is 10.3 Å². The lowest BCUT2D eigenvalue weighted by Gasteiger charge is -2.15. The molecule has 1 aromatic heterocycles. The van der Waals surface area contributed by atoms with Gasteiger partial charge < -0.3 is 5.32 Å². The van der Waals surface area contributed by atoms with Gasteiger partial charge in [-0.1, -0.05) is 12.0 Å². The fraction of sp³-hybridized carbons (Fsp3) is 0.300. The SMILES string of the molecule is C#Cc1ccc2c(n1)CCNC2. The number of nitrogens with one attached hydrogen (secondary N) is 1. The number of hydrogen-bond acceptors (Lipinski definition) is 2. The number of pyridine rings is 1. The summed E-state index contributed by atoms with van der Waals surface area (Å²) in [6, 6.07) is 3.95. The van der Waals surface area contributed by atoms with Gasteiger partial charge in [-0.05, 0) is 11.6 Å². The van der Waals surface area contributed by atoms with E-state index in [2.05, 4.69) is 22.3 Å². The van der Waals surface area contributed by atoms with Crippen LogP contribution in [0.5, 0.6) is 0 Å². The highest BCUT2D eigenvalue weighted by atomic mass is 14.9. The van der Waals surface area contributed by atoms with Gasteiger partial charge in [0.25, 0.3) is 0 Å². The molecular formula is C10H10N2. The van der Waals surface area contributed by atoms with Crippen LogP contribution < -0.4 is 5.32 Å². The number of aromatic nitrogens is 1. The minimum atomic E-state index is 0.746. The monoisotopic (exact) mass is 158 g/mol. The van der Waals surface area contributed by atoms with Crippen LogP contribution in [0.15, 0.2) is 12.1 Å². The van der Waals surface area contributed by atoms with E-state index in [4.69, 9.17) is 6.42 Å². The first kappa shape index (κ1) is 7.33. The van der Waals surface area contributed by atoms with E-state index in [1.54, 1.807) is 0 Å². The third kappa shape index (κ3) is 1.19. The third-order valence-corrected chi connectivity index (χ3v) is 2.07. The number of terminal acetylenes is 1. The Hall–Kier alpha value is -1.33. The summed E-state index contributed by atoms with van der Waals surface area (Å²) in [7, 11) is 0. The molecule has 12 heavy (non-hydrogen) atoms. The lowest BCUT2D eigenvalue weighted by molar-refractivity contribution is 0.629. The molecule has 2 rings (SSSR count). The van der Waals surface area contributed by atoms with Crippen molar-refractivity contribution < 1.29 is 0 Å². The zero-order chi connectivity index (χ0) is 8.39. The molecule has 0 aliphatic carbocycles. The molecule has 2 heteroatoms. The first-order valence-electron chi connectivity index (χ1n) is 4.06. The maximum absolute atomic E-state index is 5.25. The summed E-state index contributed by atoms with van der Waals surface area (Å²) >= 11 is 0. The summed E-state index contributed by atoms with van der Waals surface area (Å²) in [6.07, 6.45) is 6.25. The Morgan fingerprint density at radius 2 is 2.42 bits per heavy atom. The molecule has 0 saturated carbocycles. The molecule has 0 atom stereocenters. The second-order valence-corrected chi connectivity index (χ2v) is 2.87. The minimum absolute atomic E-state index is 0.746. The smallest absolute Gasteiger partial charge is 0.113 e. The Balaban J connectivity index is 2.44. The van der Waals surface area contributed by atoms with E-state index in [1.165, 1.54) is 5.56 Å². The summed E-state index contributed by atoms with van der Waals surface area (Å²) in [4.78, 5) is 4.36. The van der Waals surface area contributed by atoms with Crippen LogP contribution in [0.25, 0.3) is 0 Å². The fourth-order valence-electron chi connectivity index (χ4n) is 1.42. The molecular weight excluding hydrogens is 148 g/mol. The highest BCUT2D eigenvalue weighted by Crippen LogP contribution is 2.11. The topological polar surface area (TPSA) is 24.9 Å². The second-order valence-electron chi connectivity index (χ2n) is 2.87.